The van der Waals surface area contributed by atoms with E-state index in [-0.39, 0.29) is 6.16 Å². The zero-order valence-corrected chi connectivity index (χ0v) is 7.54. The summed E-state index contributed by atoms with van der Waals surface area (Å²) in [5.41, 5.74) is -1.24. The van der Waals surface area contributed by atoms with Crippen molar-refractivity contribution in [3.05, 3.63) is 0 Å². The van der Waals surface area contributed by atoms with Crippen molar-refractivity contribution >= 4 is 7.37 Å². The van der Waals surface area contributed by atoms with Gasteiger partial charge in [0, 0.05) is 13.3 Å². The molecule has 0 aromatic heterocycles. The smallest absolute Gasteiger partial charge is 0.233 e. The SMILES string of the molecule is COP1(=O)CCC(C)(O)C1O. The predicted molar refractivity (Wildman–Crippen MR) is 40.7 cm³/mol. The third-order valence-corrected chi connectivity index (χ3v) is 4.93. The molecule has 3 atom stereocenters. The van der Waals surface area contributed by atoms with Crippen LogP contribution in [0.5, 0.6) is 0 Å². The van der Waals surface area contributed by atoms with Crippen molar-refractivity contribution in [3.8, 4) is 0 Å². The van der Waals surface area contributed by atoms with Gasteiger partial charge in [-0.15, -0.1) is 0 Å². The van der Waals surface area contributed by atoms with Crippen molar-refractivity contribution < 1.29 is 19.3 Å². The van der Waals surface area contributed by atoms with Gasteiger partial charge in [0.2, 0.25) is 7.37 Å². The molecule has 4 nitrogen and oxygen atoms in total. The summed E-state index contributed by atoms with van der Waals surface area (Å²) in [6.07, 6.45) is 0.594. The third-order valence-electron chi connectivity index (χ3n) is 2.17. The van der Waals surface area contributed by atoms with Crippen molar-refractivity contribution in [1.29, 1.82) is 0 Å². The second-order valence-electron chi connectivity index (χ2n) is 3.11. The minimum absolute atomic E-state index is 0.262. The molecule has 1 saturated heterocycles. The Morgan fingerprint density at radius 1 is 1.73 bits per heavy atom. The van der Waals surface area contributed by atoms with Gasteiger partial charge in [-0.25, -0.2) is 0 Å². The fourth-order valence-corrected chi connectivity index (χ4v) is 3.62. The maximum atomic E-state index is 11.5. The van der Waals surface area contributed by atoms with Crippen LogP contribution >= 0.6 is 7.37 Å². The van der Waals surface area contributed by atoms with Crippen LogP contribution in [-0.2, 0) is 9.09 Å². The summed E-state index contributed by atoms with van der Waals surface area (Å²) < 4.78 is 16.2. The number of aliphatic hydroxyl groups excluding tert-OH is 1. The lowest BCUT2D eigenvalue weighted by Gasteiger charge is -2.22. The Morgan fingerprint density at radius 2 is 2.27 bits per heavy atom. The van der Waals surface area contributed by atoms with E-state index in [0.29, 0.717) is 6.42 Å². The van der Waals surface area contributed by atoms with E-state index >= 15 is 0 Å². The van der Waals surface area contributed by atoms with Gasteiger partial charge in [0.1, 0.15) is 0 Å². The van der Waals surface area contributed by atoms with E-state index in [2.05, 4.69) is 0 Å². The molecule has 1 aliphatic rings. The van der Waals surface area contributed by atoms with Crippen molar-refractivity contribution in [2.24, 2.45) is 0 Å². The number of hydrogen-bond donors (Lipinski definition) is 2. The fourth-order valence-electron chi connectivity index (χ4n) is 1.25. The zero-order chi connectivity index (χ0) is 8.70. The van der Waals surface area contributed by atoms with E-state index in [0.717, 1.165) is 0 Å². The second kappa shape index (κ2) is 2.56. The predicted octanol–water partition coefficient (Wildman–Crippen LogP) is 0.384. The van der Waals surface area contributed by atoms with E-state index in [9.17, 15) is 14.8 Å². The van der Waals surface area contributed by atoms with Gasteiger partial charge < -0.3 is 14.7 Å². The van der Waals surface area contributed by atoms with Crippen LogP contribution in [0.15, 0.2) is 0 Å². The van der Waals surface area contributed by atoms with Crippen LogP contribution in [0.3, 0.4) is 0 Å². The highest BCUT2D eigenvalue weighted by Gasteiger charge is 2.51. The standard InChI is InChI=1S/C6H13O4P/c1-6(8)3-4-11(9,10-2)5(6)7/h5,7-8H,3-4H2,1-2H3. The largest absolute Gasteiger partial charge is 0.387 e. The Morgan fingerprint density at radius 3 is 2.45 bits per heavy atom. The molecule has 0 spiro atoms. The third kappa shape index (κ3) is 1.36. The molecule has 1 heterocycles. The Bertz CT molecular complexity index is 201. The molecular formula is C6H13O4P. The molecule has 0 bridgehead atoms. The summed E-state index contributed by atoms with van der Waals surface area (Å²) >= 11 is 0. The fraction of sp³-hybridized carbons (Fsp3) is 1.00. The van der Waals surface area contributed by atoms with Crippen LogP contribution in [0.4, 0.5) is 0 Å². The average Bonchev–Trinajstić information content (AvgIpc) is 2.16. The summed E-state index contributed by atoms with van der Waals surface area (Å²) in [6.45, 7) is 1.47. The zero-order valence-electron chi connectivity index (χ0n) is 6.65. The van der Waals surface area contributed by atoms with Crippen molar-refractivity contribution in [2.45, 2.75) is 24.8 Å². The van der Waals surface area contributed by atoms with Crippen LogP contribution < -0.4 is 0 Å². The first-order valence-electron chi connectivity index (χ1n) is 3.47. The molecule has 0 radical (unpaired) electrons. The summed E-state index contributed by atoms with van der Waals surface area (Å²) in [5, 5.41) is 18.8. The summed E-state index contributed by atoms with van der Waals surface area (Å²) in [4.78, 5) is 0. The Labute approximate surface area is 65.6 Å². The minimum atomic E-state index is -2.96. The van der Waals surface area contributed by atoms with E-state index in [1.165, 1.54) is 14.0 Å². The average molecular weight is 180 g/mol. The maximum absolute atomic E-state index is 11.5. The van der Waals surface area contributed by atoms with Gasteiger partial charge >= 0.3 is 0 Å². The summed E-state index contributed by atoms with van der Waals surface area (Å²) in [5.74, 6) is -1.22. The van der Waals surface area contributed by atoms with E-state index in [1.807, 2.05) is 0 Å². The van der Waals surface area contributed by atoms with Gasteiger partial charge in [0.25, 0.3) is 0 Å². The molecule has 11 heavy (non-hydrogen) atoms. The lowest BCUT2D eigenvalue weighted by molar-refractivity contribution is -0.0166. The second-order valence-corrected chi connectivity index (χ2v) is 5.87. The number of hydrogen-bond acceptors (Lipinski definition) is 4. The lowest BCUT2D eigenvalue weighted by Crippen LogP contribution is -2.33. The van der Waals surface area contributed by atoms with Crippen molar-refractivity contribution in [2.75, 3.05) is 13.3 Å². The topological polar surface area (TPSA) is 66.8 Å². The maximum Gasteiger partial charge on any atom is 0.233 e. The molecule has 1 rings (SSSR count). The van der Waals surface area contributed by atoms with Crippen molar-refractivity contribution in [1.82, 2.24) is 0 Å². The minimum Gasteiger partial charge on any atom is -0.387 e. The molecule has 66 valence electrons. The molecule has 1 aliphatic heterocycles. The van der Waals surface area contributed by atoms with Crippen LogP contribution in [0.25, 0.3) is 0 Å². The Hall–Kier alpha value is 0.110. The normalized spacial score (nSPS) is 51.5. The molecule has 2 N–H and O–H groups in total. The lowest BCUT2D eigenvalue weighted by atomic mass is 10.1. The molecule has 0 amide bonds. The number of rotatable bonds is 1. The van der Waals surface area contributed by atoms with Crippen LogP contribution in [0.2, 0.25) is 0 Å². The van der Waals surface area contributed by atoms with Gasteiger partial charge in [-0.2, -0.15) is 0 Å². The van der Waals surface area contributed by atoms with Gasteiger partial charge in [-0.3, -0.25) is 4.57 Å². The van der Waals surface area contributed by atoms with Crippen molar-refractivity contribution in [3.63, 3.8) is 0 Å². The van der Waals surface area contributed by atoms with Crippen LogP contribution in [-0.4, -0.2) is 34.9 Å². The number of aliphatic hydroxyl groups is 2. The quantitative estimate of drug-likeness (QED) is 0.572. The molecule has 1 fully saturated rings. The molecule has 0 saturated carbocycles. The molecule has 5 heteroatoms. The molecule has 0 aliphatic carbocycles. The highest BCUT2D eigenvalue weighted by atomic mass is 31.2. The van der Waals surface area contributed by atoms with Gasteiger partial charge in [0.15, 0.2) is 5.85 Å². The first kappa shape index (κ1) is 9.20. The van der Waals surface area contributed by atoms with Gasteiger partial charge in [-0.1, -0.05) is 0 Å². The Kier molecular flexibility index (Phi) is 2.14. The van der Waals surface area contributed by atoms with E-state index < -0.39 is 18.8 Å². The van der Waals surface area contributed by atoms with Crippen LogP contribution in [0, 0.1) is 0 Å². The van der Waals surface area contributed by atoms with Gasteiger partial charge in [0.05, 0.1) is 5.60 Å². The van der Waals surface area contributed by atoms with E-state index in [4.69, 9.17) is 4.52 Å². The summed E-state index contributed by atoms with van der Waals surface area (Å²) in [7, 11) is -1.66. The van der Waals surface area contributed by atoms with E-state index in [1.54, 1.807) is 0 Å². The molecule has 3 unspecified atom stereocenters. The first-order valence-corrected chi connectivity index (χ1v) is 5.35. The molecule has 0 aromatic carbocycles. The first-order chi connectivity index (χ1) is 4.92. The molecular weight excluding hydrogens is 167 g/mol. The highest BCUT2D eigenvalue weighted by Crippen LogP contribution is 2.60. The van der Waals surface area contributed by atoms with Crippen LogP contribution in [0.1, 0.15) is 13.3 Å². The summed E-state index contributed by atoms with van der Waals surface area (Å²) in [6, 6.07) is 0. The monoisotopic (exact) mass is 180 g/mol. The molecule has 0 aromatic rings. The highest BCUT2D eigenvalue weighted by molar-refractivity contribution is 7.60. The Balaban J connectivity index is 2.87. The van der Waals surface area contributed by atoms with Gasteiger partial charge in [-0.05, 0) is 13.3 Å².